The van der Waals surface area contributed by atoms with Crippen LogP contribution in [0.1, 0.15) is 38.8 Å². The second kappa shape index (κ2) is 10.7. The van der Waals surface area contributed by atoms with Gasteiger partial charge in [0.2, 0.25) is 0 Å². The van der Waals surface area contributed by atoms with Gasteiger partial charge in [0.15, 0.2) is 4.90 Å². The first kappa shape index (κ1) is 26.6. The predicted molar refractivity (Wildman–Crippen MR) is 140 cm³/mol. The summed E-state index contributed by atoms with van der Waals surface area (Å²) in [6, 6.07) is 20.7. The van der Waals surface area contributed by atoms with Crippen molar-refractivity contribution in [2.45, 2.75) is 38.0 Å². The molecular weight excluding hydrogens is 480 g/mol. The Hall–Kier alpha value is -4.05. The summed E-state index contributed by atoms with van der Waals surface area (Å²) in [6.07, 6.45) is 0. The number of carbonyl (C=O) groups excluding carboxylic acids is 1. The van der Waals surface area contributed by atoms with Gasteiger partial charge in [0, 0.05) is 6.07 Å². The summed E-state index contributed by atoms with van der Waals surface area (Å²) < 4.78 is 27.8. The Morgan fingerprint density at radius 1 is 0.972 bits per heavy atom. The van der Waals surface area contributed by atoms with Gasteiger partial charge in [0.1, 0.15) is 6.54 Å². The Morgan fingerprint density at radius 3 is 2.14 bits per heavy atom. The van der Waals surface area contributed by atoms with E-state index in [0.717, 1.165) is 27.6 Å². The molecule has 0 saturated heterocycles. The van der Waals surface area contributed by atoms with Crippen LogP contribution in [0.25, 0.3) is 0 Å². The van der Waals surface area contributed by atoms with Crippen LogP contribution >= 0.6 is 0 Å². The molecule has 3 aromatic rings. The van der Waals surface area contributed by atoms with E-state index in [4.69, 9.17) is 0 Å². The predicted octanol–water partition coefficient (Wildman–Crippen LogP) is 4.63. The van der Waals surface area contributed by atoms with E-state index < -0.39 is 38.0 Å². The van der Waals surface area contributed by atoms with Crippen LogP contribution in [0.15, 0.2) is 88.9 Å². The van der Waals surface area contributed by atoms with E-state index in [1.54, 1.807) is 25.1 Å². The fourth-order valence-electron chi connectivity index (χ4n) is 3.44. The number of nitro benzene ring substituents is 1. The lowest BCUT2D eigenvalue weighted by Gasteiger charge is -2.23. The van der Waals surface area contributed by atoms with Crippen molar-refractivity contribution in [1.82, 2.24) is 5.43 Å². The van der Waals surface area contributed by atoms with E-state index in [9.17, 15) is 23.3 Å². The number of hydrazone groups is 1. The van der Waals surface area contributed by atoms with Crippen molar-refractivity contribution < 1.29 is 18.1 Å². The van der Waals surface area contributed by atoms with Gasteiger partial charge < -0.3 is 0 Å². The fourth-order valence-corrected chi connectivity index (χ4v) is 5.02. The van der Waals surface area contributed by atoms with Crippen molar-refractivity contribution in [3.8, 4) is 0 Å². The van der Waals surface area contributed by atoms with Gasteiger partial charge in [-0.3, -0.25) is 19.2 Å². The van der Waals surface area contributed by atoms with Crippen LogP contribution in [0.4, 0.5) is 11.4 Å². The van der Waals surface area contributed by atoms with E-state index in [1.807, 2.05) is 24.3 Å². The van der Waals surface area contributed by atoms with E-state index in [0.29, 0.717) is 5.71 Å². The summed E-state index contributed by atoms with van der Waals surface area (Å²) >= 11 is 0. The number of para-hydroxylation sites is 2. The first-order chi connectivity index (χ1) is 16.9. The van der Waals surface area contributed by atoms with Crippen molar-refractivity contribution in [2.24, 2.45) is 5.10 Å². The molecule has 0 fully saturated rings. The molecule has 3 aromatic carbocycles. The fraction of sp³-hybridized carbons (Fsp3) is 0.231. The highest BCUT2D eigenvalue weighted by atomic mass is 32.2. The highest BCUT2D eigenvalue weighted by molar-refractivity contribution is 7.93. The zero-order chi connectivity index (χ0) is 26.5. The molecular formula is C26H28N4O5S. The number of rotatable bonds is 8. The molecule has 36 heavy (non-hydrogen) atoms. The van der Waals surface area contributed by atoms with Crippen LogP contribution in [0.5, 0.6) is 0 Å². The van der Waals surface area contributed by atoms with Gasteiger partial charge in [-0.05, 0) is 41.7 Å². The molecule has 1 N–H and O–H groups in total. The molecule has 0 radical (unpaired) electrons. The molecule has 0 aromatic heterocycles. The monoisotopic (exact) mass is 508 g/mol. The normalized spacial score (nSPS) is 12.2. The molecule has 0 aliphatic rings. The van der Waals surface area contributed by atoms with Gasteiger partial charge in [-0.25, -0.2) is 13.8 Å². The minimum Gasteiger partial charge on any atom is -0.271 e. The minimum absolute atomic E-state index is 0.00198. The second-order valence-electron chi connectivity index (χ2n) is 9.13. The Bertz CT molecular complexity index is 1380. The van der Waals surface area contributed by atoms with E-state index in [-0.39, 0.29) is 11.1 Å². The lowest BCUT2D eigenvalue weighted by Crippen LogP contribution is -2.40. The topological polar surface area (TPSA) is 122 Å². The first-order valence-electron chi connectivity index (χ1n) is 11.2. The number of nitrogens with one attached hydrogen (secondary N) is 1. The Balaban J connectivity index is 1.87. The number of amides is 1. The molecule has 9 nitrogen and oxygen atoms in total. The summed E-state index contributed by atoms with van der Waals surface area (Å²) in [7, 11) is -4.45. The summed E-state index contributed by atoms with van der Waals surface area (Å²) in [5.41, 5.74) is 4.50. The SMILES string of the molecule is C/C(=N/NC(=O)CN(c1ccccc1)S(=O)(=O)c1ccccc1[N+](=O)[O-])c1ccc(C(C)(C)C)cc1. The molecule has 10 heteroatoms. The Kier molecular flexibility index (Phi) is 7.89. The van der Waals surface area contributed by atoms with Crippen LogP contribution in [-0.2, 0) is 20.2 Å². The number of nitro groups is 1. The van der Waals surface area contributed by atoms with Crippen LogP contribution in [0, 0.1) is 10.1 Å². The van der Waals surface area contributed by atoms with E-state index in [1.165, 1.54) is 24.3 Å². The summed E-state index contributed by atoms with van der Waals surface area (Å²) in [4.78, 5) is 23.0. The van der Waals surface area contributed by atoms with Gasteiger partial charge in [-0.15, -0.1) is 0 Å². The maximum absolute atomic E-state index is 13.5. The third-order valence-corrected chi connectivity index (χ3v) is 7.30. The molecule has 0 heterocycles. The van der Waals surface area contributed by atoms with Gasteiger partial charge in [-0.1, -0.05) is 75.4 Å². The van der Waals surface area contributed by atoms with Crippen molar-refractivity contribution in [1.29, 1.82) is 0 Å². The maximum Gasteiger partial charge on any atom is 0.289 e. The number of anilines is 1. The average molecular weight is 509 g/mol. The molecule has 0 saturated carbocycles. The lowest BCUT2D eigenvalue weighted by atomic mass is 9.86. The molecule has 3 rings (SSSR count). The molecule has 0 atom stereocenters. The molecule has 0 bridgehead atoms. The van der Waals surface area contributed by atoms with Crippen LogP contribution < -0.4 is 9.73 Å². The second-order valence-corrected chi connectivity index (χ2v) is 11.0. The average Bonchev–Trinajstić information content (AvgIpc) is 2.85. The summed E-state index contributed by atoms with van der Waals surface area (Å²) in [5.74, 6) is -0.702. The largest absolute Gasteiger partial charge is 0.289 e. The van der Waals surface area contributed by atoms with Crippen LogP contribution in [-0.4, -0.2) is 31.5 Å². The third-order valence-electron chi connectivity index (χ3n) is 5.48. The number of sulfonamides is 1. The van der Waals surface area contributed by atoms with Gasteiger partial charge >= 0.3 is 0 Å². The zero-order valence-corrected chi connectivity index (χ0v) is 21.3. The van der Waals surface area contributed by atoms with Crippen LogP contribution in [0.2, 0.25) is 0 Å². The van der Waals surface area contributed by atoms with Gasteiger partial charge in [0.25, 0.3) is 21.6 Å². The molecule has 0 spiro atoms. The van der Waals surface area contributed by atoms with E-state index in [2.05, 4.69) is 31.3 Å². The third kappa shape index (κ3) is 6.14. The van der Waals surface area contributed by atoms with Crippen molar-refractivity contribution in [3.05, 3.63) is 100 Å². The standard InChI is InChI=1S/C26H28N4O5S/c1-19(20-14-16-21(17-15-20)26(2,3)4)27-28-25(31)18-29(22-10-6-5-7-11-22)36(34,35)24-13-9-8-12-23(24)30(32)33/h5-17H,18H2,1-4H3,(H,28,31)/b27-19-. The van der Waals surface area contributed by atoms with Crippen molar-refractivity contribution in [2.75, 3.05) is 10.8 Å². The summed E-state index contributed by atoms with van der Waals surface area (Å²) in [5, 5.41) is 15.6. The Morgan fingerprint density at radius 2 is 1.56 bits per heavy atom. The highest BCUT2D eigenvalue weighted by Crippen LogP contribution is 2.29. The number of hydrogen-bond acceptors (Lipinski definition) is 6. The minimum atomic E-state index is -4.45. The smallest absolute Gasteiger partial charge is 0.271 e. The number of nitrogens with zero attached hydrogens (tertiary/aromatic N) is 3. The summed E-state index contributed by atoms with van der Waals surface area (Å²) in [6.45, 7) is 7.43. The van der Waals surface area contributed by atoms with Crippen molar-refractivity contribution in [3.63, 3.8) is 0 Å². The molecule has 0 aliphatic heterocycles. The molecule has 0 unspecified atom stereocenters. The quantitative estimate of drug-likeness (QED) is 0.270. The lowest BCUT2D eigenvalue weighted by molar-refractivity contribution is -0.387. The van der Waals surface area contributed by atoms with Gasteiger partial charge in [-0.2, -0.15) is 5.10 Å². The number of hydrogen-bond donors (Lipinski definition) is 1. The number of benzene rings is 3. The van der Waals surface area contributed by atoms with Gasteiger partial charge in [0.05, 0.1) is 16.3 Å². The van der Waals surface area contributed by atoms with Crippen LogP contribution in [0.3, 0.4) is 0 Å². The molecule has 188 valence electrons. The van der Waals surface area contributed by atoms with Crippen molar-refractivity contribution >= 4 is 33.0 Å². The molecule has 0 aliphatic carbocycles. The zero-order valence-electron chi connectivity index (χ0n) is 20.5. The Labute approximate surface area is 210 Å². The molecule has 1 amide bonds. The number of carbonyl (C=O) groups is 1. The van der Waals surface area contributed by atoms with E-state index >= 15 is 0 Å². The maximum atomic E-state index is 13.5. The first-order valence-corrected chi connectivity index (χ1v) is 12.6. The highest BCUT2D eigenvalue weighted by Gasteiger charge is 2.33.